The number of carboxylic acids is 1. The summed E-state index contributed by atoms with van der Waals surface area (Å²) in [6.45, 7) is 1.85. The minimum atomic E-state index is -1.06. The van der Waals surface area contributed by atoms with Gasteiger partial charge in [0.05, 0.1) is 6.54 Å². The number of hydrogen-bond acceptors (Lipinski definition) is 2. The molecule has 0 aromatic rings. The van der Waals surface area contributed by atoms with Gasteiger partial charge in [0.25, 0.3) is 0 Å². The highest BCUT2D eigenvalue weighted by molar-refractivity contribution is 5.80. The first kappa shape index (κ1) is 14.4. The Bertz CT molecular complexity index is 341. The normalized spacial score (nSPS) is 22.9. The maximum Gasteiger partial charge on any atom is 0.323 e. The van der Waals surface area contributed by atoms with Crippen molar-refractivity contribution in [3.63, 3.8) is 0 Å². The number of aliphatic carboxylic acids is 1. The number of nitrogens with one attached hydrogen (secondary N) is 1. The van der Waals surface area contributed by atoms with Crippen LogP contribution in [0.3, 0.4) is 0 Å². The molecule has 0 spiro atoms. The van der Waals surface area contributed by atoms with Crippen LogP contribution in [0.25, 0.3) is 0 Å². The predicted octanol–water partition coefficient (Wildman–Crippen LogP) is 1.29. The quantitative estimate of drug-likeness (QED) is 0.741. The Hall–Kier alpha value is -1.70. The molecule has 0 aromatic carbocycles. The molecule has 0 bridgehead atoms. The third kappa shape index (κ3) is 4.66. The van der Waals surface area contributed by atoms with Gasteiger partial charge in [0.1, 0.15) is 6.54 Å². The number of hydrogen-bond donors (Lipinski definition) is 2. The smallest absolute Gasteiger partial charge is 0.323 e. The number of amides is 2. The molecule has 0 aliphatic heterocycles. The number of urea groups is 1. The van der Waals surface area contributed by atoms with E-state index in [2.05, 4.69) is 18.2 Å². The summed E-state index contributed by atoms with van der Waals surface area (Å²) in [6.07, 6.45) is 9.22. The van der Waals surface area contributed by atoms with E-state index in [1.165, 1.54) is 0 Å². The molecule has 100 valence electrons. The third-order valence-corrected chi connectivity index (χ3v) is 3.24. The van der Waals surface area contributed by atoms with Gasteiger partial charge in [-0.05, 0) is 31.6 Å². The summed E-state index contributed by atoms with van der Waals surface area (Å²) in [7, 11) is 0. The predicted molar refractivity (Wildman–Crippen MR) is 68.0 cm³/mol. The fourth-order valence-electron chi connectivity index (χ4n) is 2.14. The molecular weight excluding hydrogens is 232 g/mol. The van der Waals surface area contributed by atoms with Gasteiger partial charge in [0.2, 0.25) is 0 Å². The highest BCUT2D eigenvalue weighted by Gasteiger charge is 2.22. The number of terminal acetylenes is 1. The first-order valence-electron chi connectivity index (χ1n) is 6.23. The molecule has 1 fully saturated rings. The highest BCUT2D eigenvalue weighted by Crippen LogP contribution is 2.23. The molecule has 0 unspecified atom stereocenters. The zero-order valence-corrected chi connectivity index (χ0v) is 10.7. The zero-order valence-electron chi connectivity index (χ0n) is 10.7. The molecule has 5 nitrogen and oxygen atoms in total. The lowest BCUT2D eigenvalue weighted by atomic mass is 9.87. The van der Waals surface area contributed by atoms with Gasteiger partial charge in [-0.3, -0.25) is 4.79 Å². The van der Waals surface area contributed by atoms with Crippen molar-refractivity contribution in [2.24, 2.45) is 5.92 Å². The Balaban J connectivity index is 2.46. The maximum atomic E-state index is 11.9. The van der Waals surface area contributed by atoms with Gasteiger partial charge >= 0.3 is 12.0 Å². The van der Waals surface area contributed by atoms with E-state index in [4.69, 9.17) is 11.5 Å². The maximum absolute atomic E-state index is 11.9. The average molecular weight is 252 g/mol. The van der Waals surface area contributed by atoms with Crippen molar-refractivity contribution < 1.29 is 14.7 Å². The van der Waals surface area contributed by atoms with Gasteiger partial charge in [0, 0.05) is 6.04 Å². The topological polar surface area (TPSA) is 69.6 Å². The van der Waals surface area contributed by atoms with Crippen molar-refractivity contribution in [1.29, 1.82) is 0 Å². The Morgan fingerprint density at radius 1 is 1.39 bits per heavy atom. The van der Waals surface area contributed by atoms with Gasteiger partial charge in [-0.2, -0.15) is 0 Å². The molecule has 0 atom stereocenters. The van der Waals surface area contributed by atoms with Crippen LogP contribution in [-0.2, 0) is 4.79 Å². The van der Waals surface area contributed by atoms with Gasteiger partial charge in [-0.15, -0.1) is 6.42 Å². The Labute approximate surface area is 108 Å². The lowest BCUT2D eigenvalue weighted by molar-refractivity contribution is -0.137. The lowest BCUT2D eigenvalue weighted by Crippen LogP contribution is -2.47. The first-order valence-corrected chi connectivity index (χ1v) is 6.23. The summed E-state index contributed by atoms with van der Waals surface area (Å²) in [6, 6.07) is -0.238. The van der Waals surface area contributed by atoms with E-state index in [1.54, 1.807) is 0 Å². The third-order valence-electron chi connectivity index (χ3n) is 3.24. The van der Waals surface area contributed by atoms with Crippen molar-refractivity contribution in [3.05, 3.63) is 0 Å². The van der Waals surface area contributed by atoms with Crippen LogP contribution in [0, 0.1) is 18.3 Å². The van der Waals surface area contributed by atoms with Gasteiger partial charge < -0.3 is 15.3 Å². The number of carboxylic acid groups (broad SMARTS) is 1. The van der Waals surface area contributed by atoms with Crippen molar-refractivity contribution in [2.45, 2.75) is 38.6 Å². The van der Waals surface area contributed by atoms with Crippen LogP contribution in [0.4, 0.5) is 4.79 Å². The summed E-state index contributed by atoms with van der Waals surface area (Å²) in [5.41, 5.74) is 0. The SMILES string of the molecule is C#CCN(CC(=O)O)C(=O)NC1CCC(C)CC1. The van der Waals surface area contributed by atoms with Crippen LogP contribution < -0.4 is 5.32 Å². The van der Waals surface area contributed by atoms with E-state index < -0.39 is 5.97 Å². The van der Waals surface area contributed by atoms with E-state index >= 15 is 0 Å². The fraction of sp³-hybridized carbons (Fsp3) is 0.692. The van der Waals surface area contributed by atoms with E-state index in [9.17, 15) is 9.59 Å². The average Bonchev–Trinajstić information content (AvgIpc) is 2.31. The molecule has 2 N–H and O–H groups in total. The number of rotatable bonds is 4. The van der Waals surface area contributed by atoms with Crippen LogP contribution in [0.15, 0.2) is 0 Å². The second-order valence-electron chi connectivity index (χ2n) is 4.86. The first-order chi connectivity index (χ1) is 8.52. The van der Waals surface area contributed by atoms with E-state index in [-0.39, 0.29) is 25.2 Å². The van der Waals surface area contributed by atoms with Crippen molar-refractivity contribution in [2.75, 3.05) is 13.1 Å². The van der Waals surface area contributed by atoms with E-state index in [0.717, 1.165) is 30.6 Å². The van der Waals surface area contributed by atoms with Crippen molar-refractivity contribution in [3.8, 4) is 12.3 Å². The molecule has 0 aromatic heterocycles. The minimum absolute atomic E-state index is 0.0151. The van der Waals surface area contributed by atoms with Crippen molar-refractivity contribution in [1.82, 2.24) is 10.2 Å². The second kappa shape index (κ2) is 6.90. The summed E-state index contributed by atoms with van der Waals surface area (Å²) < 4.78 is 0. The molecule has 1 rings (SSSR count). The molecular formula is C13H20N2O3. The zero-order chi connectivity index (χ0) is 13.5. The molecule has 2 amide bonds. The van der Waals surface area contributed by atoms with Gasteiger partial charge in [-0.1, -0.05) is 12.8 Å². The largest absolute Gasteiger partial charge is 0.480 e. The lowest BCUT2D eigenvalue weighted by Gasteiger charge is -2.29. The Kier molecular flexibility index (Phi) is 5.50. The van der Waals surface area contributed by atoms with Gasteiger partial charge in [0.15, 0.2) is 0 Å². The van der Waals surface area contributed by atoms with Crippen LogP contribution >= 0.6 is 0 Å². The van der Waals surface area contributed by atoms with Crippen LogP contribution in [0.5, 0.6) is 0 Å². The van der Waals surface area contributed by atoms with E-state index in [0.29, 0.717) is 5.92 Å². The Morgan fingerprint density at radius 3 is 2.50 bits per heavy atom. The Morgan fingerprint density at radius 2 is 2.00 bits per heavy atom. The summed E-state index contributed by atoms with van der Waals surface area (Å²) in [4.78, 5) is 23.6. The summed E-state index contributed by atoms with van der Waals surface area (Å²) in [5, 5.41) is 11.6. The molecule has 1 aliphatic carbocycles. The highest BCUT2D eigenvalue weighted by atomic mass is 16.4. The molecule has 0 radical (unpaired) electrons. The minimum Gasteiger partial charge on any atom is -0.480 e. The van der Waals surface area contributed by atoms with Crippen molar-refractivity contribution >= 4 is 12.0 Å². The number of nitrogens with zero attached hydrogens (tertiary/aromatic N) is 1. The molecule has 5 heteroatoms. The number of carbonyl (C=O) groups excluding carboxylic acids is 1. The van der Waals surface area contributed by atoms with Crippen LogP contribution in [-0.4, -0.2) is 41.1 Å². The molecule has 1 aliphatic rings. The van der Waals surface area contributed by atoms with Crippen LogP contribution in [0.2, 0.25) is 0 Å². The second-order valence-corrected chi connectivity index (χ2v) is 4.86. The van der Waals surface area contributed by atoms with Gasteiger partial charge in [-0.25, -0.2) is 4.79 Å². The van der Waals surface area contributed by atoms with Crippen LogP contribution in [0.1, 0.15) is 32.6 Å². The number of carbonyl (C=O) groups is 2. The molecule has 0 saturated heterocycles. The summed E-state index contributed by atoms with van der Waals surface area (Å²) >= 11 is 0. The fourth-order valence-corrected chi connectivity index (χ4v) is 2.14. The molecule has 0 heterocycles. The monoisotopic (exact) mass is 252 g/mol. The van der Waals surface area contributed by atoms with E-state index in [1.807, 2.05) is 0 Å². The standard InChI is InChI=1S/C13H20N2O3/c1-3-8-15(9-12(16)17)13(18)14-11-6-4-10(2)5-7-11/h1,10-11H,4-9H2,2H3,(H,14,18)(H,16,17). The summed E-state index contributed by atoms with van der Waals surface area (Å²) in [5.74, 6) is 1.95. The molecule has 18 heavy (non-hydrogen) atoms. The molecule has 1 saturated carbocycles.